The Morgan fingerprint density at radius 3 is 2.90 bits per heavy atom. The van der Waals surface area contributed by atoms with Crippen LogP contribution in [0.3, 0.4) is 0 Å². The number of hydrogen-bond donors (Lipinski definition) is 1. The van der Waals surface area contributed by atoms with E-state index in [0.29, 0.717) is 0 Å². The zero-order valence-corrected chi connectivity index (χ0v) is 12.2. The first kappa shape index (κ1) is 14.2. The van der Waals surface area contributed by atoms with Crippen molar-refractivity contribution in [3.8, 4) is 5.69 Å². The van der Waals surface area contributed by atoms with Crippen LogP contribution in [0.25, 0.3) is 5.69 Å². The van der Waals surface area contributed by atoms with Crippen molar-refractivity contribution in [2.24, 2.45) is 5.92 Å². The molecule has 0 spiro atoms. The Balaban J connectivity index is 1.33. The van der Waals surface area contributed by atoms with E-state index >= 15 is 0 Å². The van der Waals surface area contributed by atoms with Gasteiger partial charge in [0.25, 0.3) is 0 Å². The molecule has 0 atom stereocenters. The van der Waals surface area contributed by atoms with E-state index < -0.39 is 0 Å². The van der Waals surface area contributed by atoms with E-state index in [0.717, 1.165) is 50.0 Å². The lowest BCUT2D eigenvalue weighted by molar-refractivity contribution is 0.122. The van der Waals surface area contributed by atoms with Gasteiger partial charge in [-0.05, 0) is 43.9 Å². The molecule has 0 unspecified atom stereocenters. The summed E-state index contributed by atoms with van der Waals surface area (Å²) < 4.78 is 5.60. The summed E-state index contributed by atoms with van der Waals surface area (Å²) in [7, 11) is 0. The van der Waals surface area contributed by atoms with Crippen molar-refractivity contribution >= 4 is 0 Å². The number of rotatable bonds is 9. The molecule has 2 aromatic rings. The lowest BCUT2D eigenvalue weighted by Gasteiger charge is -2.04. The molecule has 1 saturated carbocycles. The molecule has 0 bridgehead atoms. The summed E-state index contributed by atoms with van der Waals surface area (Å²) in [6.07, 6.45) is 5.56. The van der Waals surface area contributed by atoms with Gasteiger partial charge in [-0.25, -0.2) is 0 Å². The fraction of sp³-hybridized carbons (Fsp3) is 0.500. The van der Waals surface area contributed by atoms with Gasteiger partial charge in [-0.15, -0.1) is 0 Å². The standard InChI is InChI=1S/C16H22N4O/c1-2-5-16(6-3-1)20-18-12-15(19-20)11-17-9-4-10-21-13-14-7-8-14/h1-3,5-6,12,14,17H,4,7-11,13H2. The minimum atomic E-state index is 0.745. The molecule has 3 rings (SSSR count). The van der Waals surface area contributed by atoms with Gasteiger partial charge in [-0.2, -0.15) is 15.0 Å². The summed E-state index contributed by atoms with van der Waals surface area (Å²) in [6, 6.07) is 9.94. The molecule has 5 nitrogen and oxygen atoms in total. The van der Waals surface area contributed by atoms with Crippen LogP contribution in [-0.2, 0) is 11.3 Å². The first-order valence-corrected chi connectivity index (χ1v) is 7.67. The van der Waals surface area contributed by atoms with E-state index in [1.807, 2.05) is 36.5 Å². The molecule has 21 heavy (non-hydrogen) atoms. The van der Waals surface area contributed by atoms with Crippen LogP contribution in [0.1, 0.15) is 25.0 Å². The van der Waals surface area contributed by atoms with Gasteiger partial charge in [0, 0.05) is 19.8 Å². The Labute approximate surface area is 125 Å². The molecule has 1 N–H and O–H groups in total. The smallest absolute Gasteiger partial charge is 0.0969 e. The minimum Gasteiger partial charge on any atom is -0.381 e. The maximum atomic E-state index is 5.60. The largest absolute Gasteiger partial charge is 0.381 e. The SMILES string of the molecule is c1ccc(-n2ncc(CNCCCOCC3CC3)n2)cc1. The Kier molecular flexibility index (Phi) is 4.97. The highest BCUT2D eigenvalue weighted by Gasteiger charge is 2.20. The molecule has 5 heteroatoms. The van der Waals surface area contributed by atoms with Gasteiger partial charge in [-0.3, -0.25) is 0 Å². The number of ether oxygens (including phenoxy) is 1. The maximum Gasteiger partial charge on any atom is 0.0969 e. The van der Waals surface area contributed by atoms with Gasteiger partial charge >= 0.3 is 0 Å². The normalized spacial score (nSPS) is 14.5. The third kappa shape index (κ3) is 4.65. The number of nitrogens with zero attached hydrogens (tertiary/aromatic N) is 3. The predicted octanol–water partition coefficient (Wildman–Crippen LogP) is 2.17. The summed E-state index contributed by atoms with van der Waals surface area (Å²) >= 11 is 0. The molecule has 0 saturated heterocycles. The van der Waals surface area contributed by atoms with E-state index in [4.69, 9.17) is 4.74 Å². The van der Waals surface area contributed by atoms with Crippen LogP contribution in [0.15, 0.2) is 36.5 Å². The van der Waals surface area contributed by atoms with Crippen molar-refractivity contribution in [3.05, 3.63) is 42.2 Å². The zero-order chi connectivity index (χ0) is 14.3. The van der Waals surface area contributed by atoms with Crippen molar-refractivity contribution in [2.45, 2.75) is 25.8 Å². The highest BCUT2D eigenvalue weighted by molar-refractivity contribution is 5.28. The summed E-state index contributed by atoms with van der Waals surface area (Å²) in [5, 5.41) is 12.1. The van der Waals surface area contributed by atoms with Gasteiger partial charge in [0.2, 0.25) is 0 Å². The lowest BCUT2D eigenvalue weighted by atomic mass is 10.3. The van der Waals surface area contributed by atoms with Gasteiger partial charge in [0.1, 0.15) is 0 Å². The number of para-hydroxylation sites is 1. The monoisotopic (exact) mass is 286 g/mol. The van der Waals surface area contributed by atoms with Crippen molar-refractivity contribution < 1.29 is 4.74 Å². The fourth-order valence-electron chi connectivity index (χ4n) is 2.11. The maximum absolute atomic E-state index is 5.60. The molecule has 1 heterocycles. The Hall–Kier alpha value is -1.72. The van der Waals surface area contributed by atoms with Crippen LogP contribution in [0.4, 0.5) is 0 Å². The number of nitrogens with one attached hydrogen (secondary N) is 1. The topological polar surface area (TPSA) is 52.0 Å². The zero-order valence-electron chi connectivity index (χ0n) is 12.2. The fourth-order valence-corrected chi connectivity index (χ4v) is 2.11. The second-order valence-corrected chi connectivity index (χ2v) is 5.51. The van der Waals surface area contributed by atoms with E-state index in [9.17, 15) is 0 Å². The van der Waals surface area contributed by atoms with Crippen molar-refractivity contribution in [2.75, 3.05) is 19.8 Å². The highest BCUT2D eigenvalue weighted by atomic mass is 16.5. The van der Waals surface area contributed by atoms with Gasteiger partial charge < -0.3 is 10.1 Å². The van der Waals surface area contributed by atoms with E-state index in [2.05, 4.69) is 15.5 Å². The molecule has 112 valence electrons. The summed E-state index contributed by atoms with van der Waals surface area (Å²) in [5.74, 6) is 0.853. The third-order valence-corrected chi connectivity index (χ3v) is 3.53. The van der Waals surface area contributed by atoms with E-state index in [1.165, 1.54) is 12.8 Å². The minimum absolute atomic E-state index is 0.745. The van der Waals surface area contributed by atoms with Crippen molar-refractivity contribution in [1.29, 1.82) is 0 Å². The molecule has 0 amide bonds. The Bertz CT molecular complexity index is 536. The molecule has 1 fully saturated rings. The third-order valence-electron chi connectivity index (χ3n) is 3.53. The average molecular weight is 286 g/mol. The summed E-state index contributed by atoms with van der Waals surface area (Å²) in [4.78, 5) is 1.66. The number of benzene rings is 1. The average Bonchev–Trinajstić information content (AvgIpc) is 3.23. The lowest BCUT2D eigenvalue weighted by Crippen LogP contribution is -2.17. The van der Waals surface area contributed by atoms with Gasteiger partial charge in [0.05, 0.1) is 17.6 Å². The number of aromatic nitrogens is 3. The van der Waals surface area contributed by atoms with Crippen LogP contribution in [0.5, 0.6) is 0 Å². The van der Waals surface area contributed by atoms with Crippen molar-refractivity contribution in [3.63, 3.8) is 0 Å². The molecular formula is C16H22N4O. The predicted molar refractivity (Wildman–Crippen MR) is 81.2 cm³/mol. The molecular weight excluding hydrogens is 264 g/mol. The molecule has 1 aliphatic rings. The molecule has 1 aromatic carbocycles. The summed E-state index contributed by atoms with van der Waals surface area (Å²) in [6.45, 7) is 3.49. The molecule has 0 aliphatic heterocycles. The van der Waals surface area contributed by atoms with Crippen molar-refractivity contribution in [1.82, 2.24) is 20.3 Å². The first-order valence-electron chi connectivity index (χ1n) is 7.67. The van der Waals surface area contributed by atoms with Gasteiger partial charge in [-0.1, -0.05) is 18.2 Å². The molecule has 0 radical (unpaired) electrons. The van der Waals surface area contributed by atoms with Crippen LogP contribution < -0.4 is 5.32 Å². The van der Waals surface area contributed by atoms with Crippen LogP contribution >= 0.6 is 0 Å². The van der Waals surface area contributed by atoms with Crippen LogP contribution in [-0.4, -0.2) is 34.8 Å². The van der Waals surface area contributed by atoms with E-state index in [-0.39, 0.29) is 0 Å². The van der Waals surface area contributed by atoms with Crippen LogP contribution in [0.2, 0.25) is 0 Å². The summed E-state index contributed by atoms with van der Waals surface area (Å²) in [5.41, 5.74) is 1.94. The molecule has 1 aromatic heterocycles. The quantitative estimate of drug-likeness (QED) is 0.718. The Morgan fingerprint density at radius 1 is 1.24 bits per heavy atom. The first-order chi connectivity index (χ1) is 10.4. The second kappa shape index (κ2) is 7.33. The second-order valence-electron chi connectivity index (χ2n) is 5.51. The molecule has 1 aliphatic carbocycles. The van der Waals surface area contributed by atoms with Gasteiger partial charge in [0.15, 0.2) is 0 Å². The Morgan fingerprint density at radius 2 is 2.10 bits per heavy atom. The van der Waals surface area contributed by atoms with Crippen LogP contribution in [0, 0.1) is 5.92 Å². The highest BCUT2D eigenvalue weighted by Crippen LogP contribution is 2.28. The van der Waals surface area contributed by atoms with E-state index in [1.54, 1.807) is 4.80 Å². The number of hydrogen-bond acceptors (Lipinski definition) is 4.